The van der Waals surface area contributed by atoms with Crippen LogP contribution in [0.1, 0.15) is 45.6 Å². The van der Waals surface area contributed by atoms with Gasteiger partial charge in [0.25, 0.3) is 0 Å². The van der Waals surface area contributed by atoms with Gasteiger partial charge in [0.05, 0.1) is 0 Å². The summed E-state index contributed by atoms with van der Waals surface area (Å²) in [6, 6.07) is 7.93. The van der Waals surface area contributed by atoms with Crippen LogP contribution in [-0.2, 0) is 10.2 Å². The van der Waals surface area contributed by atoms with Crippen LogP contribution in [0.4, 0.5) is 10.5 Å². The third-order valence-corrected chi connectivity index (χ3v) is 3.84. The van der Waals surface area contributed by atoms with Gasteiger partial charge in [0.1, 0.15) is 5.60 Å². The lowest BCUT2D eigenvalue weighted by molar-refractivity contribution is 0.0636. The topological polar surface area (TPSA) is 64.3 Å². The summed E-state index contributed by atoms with van der Waals surface area (Å²) in [7, 11) is 0. The van der Waals surface area contributed by atoms with Crippen LogP contribution in [0.15, 0.2) is 24.3 Å². The van der Waals surface area contributed by atoms with Crippen molar-refractivity contribution >= 4 is 11.8 Å². The molecule has 0 aliphatic heterocycles. The van der Waals surface area contributed by atoms with Gasteiger partial charge < -0.3 is 10.5 Å². The van der Waals surface area contributed by atoms with Crippen LogP contribution in [0.25, 0.3) is 0 Å². The van der Waals surface area contributed by atoms with Crippen LogP contribution in [0.5, 0.6) is 0 Å². The average molecular weight is 276 g/mol. The van der Waals surface area contributed by atoms with E-state index in [-0.39, 0.29) is 5.41 Å². The van der Waals surface area contributed by atoms with Gasteiger partial charge in [-0.2, -0.15) is 0 Å². The summed E-state index contributed by atoms with van der Waals surface area (Å²) in [5.74, 6) is 0. The van der Waals surface area contributed by atoms with E-state index in [2.05, 4.69) is 17.4 Å². The molecule has 1 aliphatic rings. The number of amides is 1. The van der Waals surface area contributed by atoms with Crippen LogP contribution in [0, 0.1) is 0 Å². The van der Waals surface area contributed by atoms with E-state index < -0.39 is 11.7 Å². The average Bonchev–Trinajstić information content (AvgIpc) is 2.28. The zero-order valence-corrected chi connectivity index (χ0v) is 12.5. The number of hydrogen-bond acceptors (Lipinski definition) is 3. The number of rotatable bonds is 3. The molecule has 1 amide bonds. The van der Waals surface area contributed by atoms with E-state index in [9.17, 15) is 4.79 Å². The summed E-state index contributed by atoms with van der Waals surface area (Å²) in [6.45, 7) is 6.22. The van der Waals surface area contributed by atoms with Gasteiger partial charge in [-0.15, -0.1) is 0 Å². The maximum absolute atomic E-state index is 11.7. The molecule has 1 aliphatic carbocycles. The lowest BCUT2D eigenvalue weighted by atomic mass is 9.64. The highest BCUT2D eigenvalue weighted by Crippen LogP contribution is 2.42. The van der Waals surface area contributed by atoms with Gasteiger partial charge in [-0.1, -0.05) is 18.6 Å². The molecule has 1 aromatic rings. The van der Waals surface area contributed by atoms with Gasteiger partial charge in [-0.05, 0) is 51.3 Å². The zero-order valence-electron chi connectivity index (χ0n) is 12.5. The Labute approximate surface area is 120 Å². The second-order valence-electron chi connectivity index (χ2n) is 6.54. The van der Waals surface area contributed by atoms with Gasteiger partial charge in [0.15, 0.2) is 0 Å². The Morgan fingerprint density at radius 1 is 1.30 bits per heavy atom. The van der Waals surface area contributed by atoms with Crippen LogP contribution in [-0.4, -0.2) is 18.2 Å². The fraction of sp³-hybridized carbons (Fsp3) is 0.562. The first kappa shape index (κ1) is 14.9. The van der Waals surface area contributed by atoms with E-state index >= 15 is 0 Å². The van der Waals surface area contributed by atoms with E-state index in [1.165, 1.54) is 12.0 Å². The van der Waals surface area contributed by atoms with Crippen molar-refractivity contribution < 1.29 is 9.53 Å². The minimum Gasteiger partial charge on any atom is -0.444 e. The number of nitrogens with two attached hydrogens (primary N) is 1. The standard InChI is InChI=1S/C16H24N2O2/c1-15(2,3)20-14(19)18-13-7-5-12(6-8-13)16(11-17)9-4-10-16/h5-8H,4,9-11,17H2,1-3H3,(H,18,19). The molecular weight excluding hydrogens is 252 g/mol. The van der Waals surface area contributed by atoms with Gasteiger partial charge in [-0.3, -0.25) is 5.32 Å². The van der Waals surface area contributed by atoms with Crippen molar-refractivity contribution in [2.24, 2.45) is 5.73 Å². The molecule has 20 heavy (non-hydrogen) atoms. The van der Waals surface area contributed by atoms with Crippen LogP contribution >= 0.6 is 0 Å². The van der Waals surface area contributed by atoms with Crippen molar-refractivity contribution in [3.8, 4) is 0 Å². The quantitative estimate of drug-likeness (QED) is 0.889. The second-order valence-corrected chi connectivity index (χ2v) is 6.54. The monoisotopic (exact) mass is 276 g/mol. The van der Waals surface area contributed by atoms with E-state index in [0.717, 1.165) is 18.5 Å². The molecule has 1 saturated carbocycles. The zero-order chi connectivity index (χ0) is 14.8. The second kappa shape index (κ2) is 5.44. The maximum Gasteiger partial charge on any atom is 0.412 e. The fourth-order valence-corrected chi connectivity index (χ4v) is 2.54. The first-order chi connectivity index (χ1) is 9.35. The van der Waals surface area contributed by atoms with E-state index in [4.69, 9.17) is 10.5 Å². The minimum atomic E-state index is -0.487. The molecule has 0 atom stereocenters. The number of carbonyl (C=O) groups excluding carboxylic acids is 1. The summed E-state index contributed by atoms with van der Waals surface area (Å²) < 4.78 is 5.22. The normalized spacial score (nSPS) is 17.2. The Kier molecular flexibility index (Phi) is 4.04. The fourth-order valence-electron chi connectivity index (χ4n) is 2.54. The molecule has 0 unspecified atom stereocenters. The smallest absolute Gasteiger partial charge is 0.412 e. The number of hydrogen-bond donors (Lipinski definition) is 2. The Morgan fingerprint density at radius 3 is 2.30 bits per heavy atom. The Hall–Kier alpha value is -1.55. The third-order valence-electron chi connectivity index (χ3n) is 3.84. The number of benzene rings is 1. The van der Waals surface area contributed by atoms with Crippen molar-refractivity contribution in [1.82, 2.24) is 0 Å². The van der Waals surface area contributed by atoms with Crippen molar-refractivity contribution in [1.29, 1.82) is 0 Å². The minimum absolute atomic E-state index is 0.157. The molecule has 110 valence electrons. The number of anilines is 1. The predicted molar refractivity (Wildman–Crippen MR) is 80.9 cm³/mol. The third kappa shape index (κ3) is 3.31. The van der Waals surface area contributed by atoms with Crippen molar-refractivity contribution in [3.63, 3.8) is 0 Å². The number of ether oxygens (including phenoxy) is 1. The molecule has 1 aromatic carbocycles. The van der Waals surface area contributed by atoms with Crippen LogP contribution < -0.4 is 11.1 Å². The number of nitrogens with one attached hydrogen (secondary N) is 1. The lowest BCUT2D eigenvalue weighted by Gasteiger charge is -2.41. The summed E-state index contributed by atoms with van der Waals surface area (Å²) in [4.78, 5) is 11.7. The number of carbonyl (C=O) groups is 1. The molecule has 0 aromatic heterocycles. The maximum atomic E-state index is 11.7. The molecule has 2 rings (SSSR count). The van der Waals surface area contributed by atoms with E-state index in [1.807, 2.05) is 32.9 Å². The molecule has 1 fully saturated rings. The first-order valence-corrected chi connectivity index (χ1v) is 7.15. The molecule has 0 spiro atoms. The first-order valence-electron chi connectivity index (χ1n) is 7.15. The highest BCUT2D eigenvalue weighted by Gasteiger charge is 2.37. The molecule has 4 nitrogen and oxygen atoms in total. The van der Waals surface area contributed by atoms with E-state index in [1.54, 1.807) is 0 Å². The Bertz CT molecular complexity index is 465. The van der Waals surface area contributed by atoms with Crippen LogP contribution in [0.3, 0.4) is 0 Å². The summed E-state index contributed by atoms with van der Waals surface area (Å²) in [5, 5.41) is 2.74. The predicted octanol–water partition coefficient (Wildman–Crippen LogP) is 3.41. The SMILES string of the molecule is CC(C)(C)OC(=O)Nc1ccc(C2(CN)CCC2)cc1. The molecule has 0 heterocycles. The molecule has 4 heteroatoms. The van der Waals surface area contributed by atoms with Crippen molar-refractivity contribution in [2.45, 2.75) is 51.0 Å². The molecule has 0 bridgehead atoms. The lowest BCUT2D eigenvalue weighted by Crippen LogP contribution is -2.41. The summed E-state index contributed by atoms with van der Waals surface area (Å²) in [5.41, 5.74) is 7.58. The highest BCUT2D eigenvalue weighted by atomic mass is 16.6. The van der Waals surface area contributed by atoms with Gasteiger partial charge in [0, 0.05) is 17.6 Å². The molecular formula is C16H24N2O2. The summed E-state index contributed by atoms with van der Waals surface area (Å²) in [6.07, 6.45) is 3.13. The van der Waals surface area contributed by atoms with Gasteiger partial charge in [-0.25, -0.2) is 4.79 Å². The van der Waals surface area contributed by atoms with Gasteiger partial charge >= 0.3 is 6.09 Å². The van der Waals surface area contributed by atoms with Crippen molar-refractivity contribution in [2.75, 3.05) is 11.9 Å². The largest absolute Gasteiger partial charge is 0.444 e. The Morgan fingerprint density at radius 2 is 1.90 bits per heavy atom. The summed E-state index contributed by atoms with van der Waals surface area (Å²) >= 11 is 0. The van der Waals surface area contributed by atoms with Gasteiger partial charge in [0.2, 0.25) is 0 Å². The Balaban J connectivity index is 2.00. The van der Waals surface area contributed by atoms with Crippen molar-refractivity contribution in [3.05, 3.63) is 29.8 Å². The van der Waals surface area contributed by atoms with E-state index in [0.29, 0.717) is 6.54 Å². The molecule has 0 radical (unpaired) electrons. The highest BCUT2D eigenvalue weighted by molar-refractivity contribution is 5.84. The molecule has 0 saturated heterocycles. The van der Waals surface area contributed by atoms with Crippen LogP contribution in [0.2, 0.25) is 0 Å². The molecule has 3 N–H and O–H groups in total.